The largest absolute Gasteiger partial charge is 0.494 e. The highest BCUT2D eigenvalue weighted by Gasteiger charge is 2.31. The highest BCUT2D eigenvalue weighted by atomic mass is 35.5. The lowest BCUT2D eigenvalue weighted by molar-refractivity contribution is 0.411. The molecule has 2 aromatic carbocycles. The molecule has 3 N–H and O–H groups in total. The summed E-state index contributed by atoms with van der Waals surface area (Å²) < 4.78 is 37.9. The third-order valence-corrected chi connectivity index (χ3v) is 6.84. The summed E-state index contributed by atoms with van der Waals surface area (Å²) in [7, 11) is 1.56. The van der Waals surface area contributed by atoms with Gasteiger partial charge in [-0.25, -0.2) is 18.4 Å². The normalized spacial score (nSPS) is 13.0. The molecular formula is C26H24Cl2F2N6O. The van der Waals surface area contributed by atoms with E-state index in [1.807, 2.05) is 30.0 Å². The molecule has 7 nitrogen and oxygen atoms in total. The number of ether oxygens (including phenoxy) is 1. The standard InChI is InChI=1S/C26H24Cl2F2N6O/c1-14-4-3-5-23(37-2)24(14)36-25(16-9-20(30)22(33-13-31)10-19(16)29)17-12-35(7-6-21(17)34-36)26-18(28)8-15(27)11-32-26/h3-5,8-11,33H,6-7,12-13,31H2,1-2H3. The number of nitrogens with two attached hydrogens (primary N) is 1. The second-order valence-corrected chi connectivity index (χ2v) is 9.48. The Hall–Kier alpha value is -3.40. The summed E-state index contributed by atoms with van der Waals surface area (Å²) in [4.78, 5) is 6.38. The number of fused-ring (bicyclic) bond motifs is 1. The minimum Gasteiger partial charge on any atom is -0.494 e. The number of pyridine rings is 1. The van der Waals surface area contributed by atoms with E-state index in [0.29, 0.717) is 52.5 Å². The van der Waals surface area contributed by atoms with Crippen molar-refractivity contribution in [1.29, 1.82) is 0 Å². The van der Waals surface area contributed by atoms with Gasteiger partial charge in [0.1, 0.15) is 28.9 Å². The van der Waals surface area contributed by atoms with Gasteiger partial charge in [-0.3, -0.25) is 0 Å². The van der Waals surface area contributed by atoms with E-state index in [4.69, 9.17) is 38.8 Å². The average molecular weight is 545 g/mol. The van der Waals surface area contributed by atoms with E-state index in [0.717, 1.165) is 22.9 Å². The van der Waals surface area contributed by atoms with Crippen LogP contribution in [0.15, 0.2) is 42.6 Å². The van der Waals surface area contributed by atoms with E-state index < -0.39 is 11.6 Å². The van der Waals surface area contributed by atoms with Crippen LogP contribution in [0.4, 0.5) is 20.3 Å². The molecule has 0 aliphatic carbocycles. The van der Waals surface area contributed by atoms with Crippen LogP contribution in [-0.4, -0.2) is 35.1 Å². The number of hydrogen-bond acceptors (Lipinski definition) is 6. The molecule has 0 spiro atoms. The molecule has 0 radical (unpaired) electrons. The predicted molar refractivity (Wildman–Crippen MR) is 142 cm³/mol. The molecule has 11 heteroatoms. The lowest BCUT2D eigenvalue weighted by atomic mass is 9.99. The number of aryl methyl sites for hydroxylation is 1. The average Bonchev–Trinajstić information content (AvgIpc) is 3.24. The van der Waals surface area contributed by atoms with Crippen molar-refractivity contribution in [2.45, 2.75) is 19.9 Å². The molecule has 37 heavy (non-hydrogen) atoms. The fraction of sp³-hybridized carbons (Fsp3) is 0.231. The lowest BCUT2D eigenvalue weighted by Crippen LogP contribution is -2.31. The molecule has 0 unspecified atom stereocenters. The first-order valence-corrected chi connectivity index (χ1v) is 12.3. The highest BCUT2D eigenvalue weighted by Crippen LogP contribution is 2.40. The van der Waals surface area contributed by atoms with Gasteiger partial charge in [0, 0.05) is 42.9 Å². The Morgan fingerprint density at radius 2 is 1.97 bits per heavy atom. The van der Waals surface area contributed by atoms with Gasteiger partial charge in [0.15, 0.2) is 0 Å². The number of anilines is 2. The van der Waals surface area contributed by atoms with Crippen molar-refractivity contribution in [2.75, 3.05) is 30.5 Å². The van der Waals surface area contributed by atoms with E-state index in [2.05, 4.69) is 10.3 Å². The van der Waals surface area contributed by atoms with Crippen molar-refractivity contribution < 1.29 is 13.5 Å². The summed E-state index contributed by atoms with van der Waals surface area (Å²) in [5.41, 5.74) is 8.97. The van der Waals surface area contributed by atoms with Gasteiger partial charge in [-0.05, 0) is 30.7 Å². The molecule has 0 bridgehead atoms. The molecule has 1 aliphatic rings. The maximum Gasteiger partial charge on any atom is 0.147 e. The van der Waals surface area contributed by atoms with Crippen LogP contribution in [0.2, 0.25) is 10.0 Å². The van der Waals surface area contributed by atoms with Crippen molar-refractivity contribution >= 4 is 34.7 Å². The Balaban J connectivity index is 1.73. The summed E-state index contributed by atoms with van der Waals surface area (Å²) in [5, 5.41) is 8.34. The fourth-order valence-electron chi connectivity index (χ4n) is 4.67. The Bertz CT molecular complexity index is 1490. The first kappa shape index (κ1) is 25.3. The van der Waals surface area contributed by atoms with Crippen LogP contribution < -0.4 is 20.7 Å². The molecule has 0 saturated heterocycles. The third-order valence-electron chi connectivity index (χ3n) is 6.36. The number of benzene rings is 2. The summed E-state index contributed by atoms with van der Waals surface area (Å²) in [6, 6.07) is 9.48. The van der Waals surface area contributed by atoms with Crippen LogP contribution in [-0.2, 0) is 13.0 Å². The van der Waals surface area contributed by atoms with Gasteiger partial charge in [0.2, 0.25) is 0 Å². The monoisotopic (exact) mass is 544 g/mol. The van der Waals surface area contributed by atoms with Gasteiger partial charge < -0.3 is 20.7 Å². The minimum absolute atomic E-state index is 0.0177. The number of methoxy groups -OCH3 is 1. The highest BCUT2D eigenvalue weighted by molar-refractivity contribution is 6.36. The number of nitrogens with zero attached hydrogens (tertiary/aromatic N) is 4. The Morgan fingerprint density at radius 3 is 2.70 bits per heavy atom. The number of rotatable bonds is 6. The van der Waals surface area contributed by atoms with Gasteiger partial charge in [0.05, 0.1) is 40.9 Å². The number of para-hydroxylation sites is 1. The molecule has 0 atom stereocenters. The van der Waals surface area contributed by atoms with Gasteiger partial charge in [-0.2, -0.15) is 5.10 Å². The van der Waals surface area contributed by atoms with Crippen LogP contribution in [0, 0.1) is 18.6 Å². The van der Waals surface area contributed by atoms with Crippen LogP contribution in [0.1, 0.15) is 16.8 Å². The molecule has 0 fully saturated rings. The van der Waals surface area contributed by atoms with Crippen molar-refractivity contribution in [1.82, 2.24) is 14.8 Å². The van der Waals surface area contributed by atoms with Crippen molar-refractivity contribution in [3.05, 3.63) is 81.1 Å². The molecule has 4 aromatic rings. The smallest absolute Gasteiger partial charge is 0.147 e. The first-order chi connectivity index (χ1) is 17.8. The fourth-order valence-corrected chi connectivity index (χ4v) is 5.17. The summed E-state index contributed by atoms with van der Waals surface area (Å²) in [6.45, 7) is 2.79. The van der Waals surface area contributed by atoms with E-state index in [-0.39, 0.29) is 17.9 Å². The molecule has 2 aromatic heterocycles. The van der Waals surface area contributed by atoms with E-state index in [1.165, 1.54) is 12.3 Å². The lowest BCUT2D eigenvalue weighted by Gasteiger charge is -2.28. The van der Waals surface area contributed by atoms with Crippen molar-refractivity contribution in [2.24, 2.45) is 5.73 Å². The molecule has 3 heterocycles. The van der Waals surface area contributed by atoms with Gasteiger partial charge >= 0.3 is 0 Å². The van der Waals surface area contributed by atoms with Crippen molar-refractivity contribution in [3.8, 4) is 22.7 Å². The molecule has 192 valence electrons. The maximum absolute atomic E-state index is 15.6. The van der Waals surface area contributed by atoms with Gasteiger partial charge in [0.25, 0.3) is 0 Å². The quantitative estimate of drug-likeness (QED) is 0.302. The van der Waals surface area contributed by atoms with E-state index >= 15 is 8.78 Å². The van der Waals surface area contributed by atoms with E-state index in [1.54, 1.807) is 17.9 Å². The van der Waals surface area contributed by atoms with Crippen LogP contribution in [0.25, 0.3) is 16.9 Å². The molecule has 0 amide bonds. The molecule has 5 rings (SSSR count). The summed E-state index contributed by atoms with van der Waals surface area (Å²) in [6.07, 6.45) is 2.07. The topological polar surface area (TPSA) is 81.2 Å². The zero-order valence-electron chi connectivity index (χ0n) is 20.2. The first-order valence-electron chi connectivity index (χ1n) is 11.6. The SMILES string of the molecule is COc1cccc(C)c1-n1nc2c(c1-c1cc(F)c(NCN)cc1F)CN(c1ncc(Cl)cc1Cl)CC2. The number of halogens is 4. The Morgan fingerprint density at radius 1 is 1.16 bits per heavy atom. The maximum atomic E-state index is 15.6. The minimum atomic E-state index is -0.629. The van der Waals surface area contributed by atoms with Crippen LogP contribution in [0.5, 0.6) is 5.75 Å². The van der Waals surface area contributed by atoms with Gasteiger partial charge in [-0.1, -0.05) is 35.3 Å². The Kier molecular flexibility index (Phi) is 6.94. The van der Waals surface area contributed by atoms with Crippen LogP contribution >= 0.6 is 23.2 Å². The molecule has 0 saturated carbocycles. The zero-order chi connectivity index (χ0) is 26.3. The third kappa shape index (κ3) is 4.58. The zero-order valence-corrected chi connectivity index (χ0v) is 21.7. The number of aromatic nitrogens is 3. The number of hydrogen-bond donors (Lipinski definition) is 2. The molecule has 1 aliphatic heterocycles. The summed E-state index contributed by atoms with van der Waals surface area (Å²) >= 11 is 12.5. The number of nitrogens with one attached hydrogen (secondary N) is 1. The predicted octanol–water partition coefficient (Wildman–Crippen LogP) is 5.73. The second-order valence-electron chi connectivity index (χ2n) is 8.63. The van der Waals surface area contributed by atoms with E-state index in [9.17, 15) is 0 Å². The van der Waals surface area contributed by atoms with Crippen molar-refractivity contribution in [3.63, 3.8) is 0 Å². The van der Waals surface area contributed by atoms with Gasteiger partial charge in [-0.15, -0.1) is 0 Å². The van der Waals surface area contributed by atoms with Crippen LogP contribution in [0.3, 0.4) is 0 Å². The second kappa shape index (κ2) is 10.2. The molecular weight excluding hydrogens is 521 g/mol. The summed E-state index contributed by atoms with van der Waals surface area (Å²) in [5.74, 6) is -0.135. The Labute approximate surface area is 222 Å².